The number of ether oxygens (including phenoxy) is 3. The molecule has 5 atom stereocenters. The van der Waals surface area contributed by atoms with Crippen LogP contribution in [-0.2, 0) is 14.3 Å². The number of fused-ring (bicyclic) bond motifs is 1. The van der Waals surface area contributed by atoms with Crippen LogP contribution >= 0.6 is 0 Å². The van der Waals surface area contributed by atoms with Crippen LogP contribution in [0.1, 0.15) is 13.8 Å². The Morgan fingerprint density at radius 3 is 2.36 bits per heavy atom. The fourth-order valence-corrected chi connectivity index (χ4v) is 3.87. The SMILES string of the molecule is CC=C(C)C(=O)OC[C@@H]1O[C@H](Oc2cc(O)c3c(=O)c(O)c(-c4ccc(O)c(O)c4)oc3c2)[C@@H](O)[C@@H](O)[C@H]1O. The first kappa shape index (κ1) is 27.7. The van der Waals surface area contributed by atoms with Gasteiger partial charge in [0.25, 0.3) is 0 Å². The normalized spacial score (nSPS) is 23.5. The number of hydrogen-bond acceptors (Lipinski definition) is 13. The van der Waals surface area contributed by atoms with Crippen LogP contribution in [-0.4, -0.2) is 79.0 Å². The molecule has 0 saturated carbocycles. The Morgan fingerprint density at radius 2 is 1.69 bits per heavy atom. The lowest BCUT2D eigenvalue weighted by Gasteiger charge is -2.39. The van der Waals surface area contributed by atoms with E-state index in [1.54, 1.807) is 6.92 Å². The van der Waals surface area contributed by atoms with Crippen molar-refractivity contribution in [2.75, 3.05) is 6.61 Å². The number of esters is 1. The molecule has 1 aliphatic rings. The fraction of sp³-hybridized carbons (Fsp3) is 0.308. The summed E-state index contributed by atoms with van der Waals surface area (Å²) >= 11 is 0. The first-order chi connectivity index (χ1) is 18.4. The lowest BCUT2D eigenvalue weighted by Crippen LogP contribution is -2.60. The number of hydrogen-bond donors (Lipinski definition) is 7. The van der Waals surface area contributed by atoms with Crippen molar-refractivity contribution in [3.05, 3.63) is 52.2 Å². The zero-order valence-corrected chi connectivity index (χ0v) is 20.6. The molecule has 208 valence electrons. The van der Waals surface area contributed by atoms with Crippen LogP contribution in [0.25, 0.3) is 22.3 Å². The van der Waals surface area contributed by atoms with Gasteiger partial charge in [-0.05, 0) is 32.0 Å². The minimum Gasteiger partial charge on any atom is -0.507 e. The van der Waals surface area contributed by atoms with Crippen molar-refractivity contribution >= 4 is 16.9 Å². The summed E-state index contributed by atoms with van der Waals surface area (Å²) in [4.78, 5) is 24.7. The van der Waals surface area contributed by atoms with Gasteiger partial charge in [0.1, 0.15) is 53.5 Å². The van der Waals surface area contributed by atoms with Crippen LogP contribution in [0.5, 0.6) is 28.7 Å². The predicted molar refractivity (Wildman–Crippen MR) is 132 cm³/mol. The van der Waals surface area contributed by atoms with E-state index in [2.05, 4.69) is 0 Å². The van der Waals surface area contributed by atoms with Gasteiger partial charge >= 0.3 is 5.97 Å². The van der Waals surface area contributed by atoms with Crippen LogP contribution in [0.15, 0.2) is 51.2 Å². The molecule has 1 aromatic heterocycles. The van der Waals surface area contributed by atoms with E-state index in [1.807, 2.05) is 0 Å². The van der Waals surface area contributed by atoms with Gasteiger partial charge in [-0.25, -0.2) is 4.79 Å². The van der Waals surface area contributed by atoms with Gasteiger partial charge in [0.05, 0.1) is 0 Å². The van der Waals surface area contributed by atoms with Crippen molar-refractivity contribution in [2.45, 2.75) is 44.6 Å². The third-order valence-corrected chi connectivity index (χ3v) is 6.22. The Hall–Kier alpha value is -4.30. The third kappa shape index (κ3) is 5.33. The summed E-state index contributed by atoms with van der Waals surface area (Å²) in [6.07, 6.45) is -6.56. The maximum Gasteiger partial charge on any atom is 0.333 e. The number of carbonyl (C=O) groups is 1. The smallest absolute Gasteiger partial charge is 0.333 e. The number of aliphatic hydroxyl groups excluding tert-OH is 3. The molecular weight excluding hydrogens is 520 g/mol. The molecule has 0 bridgehead atoms. The molecule has 13 nitrogen and oxygen atoms in total. The van der Waals surface area contributed by atoms with E-state index in [4.69, 9.17) is 18.6 Å². The summed E-state index contributed by atoms with van der Waals surface area (Å²) < 4.78 is 21.8. The summed E-state index contributed by atoms with van der Waals surface area (Å²) in [5.41, 5.74) is -0.946. The van der Waals surface area contributed by atoms with Gasteiger partial charge in [0, 0.05) is 23.3 Å². The largest absolute Gasteiger partial charge is 0.507 e. The third-order valence-electron chi connectivity index (χ3n) is 6.22. The number of allylic oxidation sites excluding steroid dienone is 1. The van der Waals surface area contributed by atoms with Crippen molar-refractivity contribution in [2.24, 2.45) is 0 Å². The second kappa shape index (κ2) is 10.8. The number of aliphatic hydroxyl groups is 3. The summed E-state index contributed by atoms with van der Waals surface area (Å²) in [6.45, 7) is 2.67. The van der Waals surface area contributed by atoms with Crippen molar-refractivity contribution in [1.29, 1.82) is 0 Å². The van der Waals surface area contributed by atoms with Crippen molar-refractivity contribution in [3.63, 3.8) is 0 Å². The molecule has 1 fully saturated rings. The molecule has 1 aliphatic heterocycles. The maximum atomic E-state index is 12.8. The van der Waals surface area contributed by atoms with Crippen LogP contribution < -0.4 is 10.2 Å². The van der Waals surface area contributed by atoms with Crippen molar-refractivity contribution in [3.8, 4) is 40.1 Å². The zero-order valence-electron chi connectivity index (χ0n) is 20.6. The Balaban J connectivity index is 1.65. The minimum atomic E-state index is -1.77. The molecule has 0 radical (unpaired) electrons. The topological polar surface area (TPSA) is 217 Å². The van der Waals surface area contributed by atoms with E-state index in [9.17, 15) is 45.3 Å². The molecule has 0 amide bonds. The zero-order chi connectivity index (χ0) is 28.6. The second-order valence-corrected chi connectivity index (χ2v) is 8.83. The van der Waals surface area contributed by atoms with Crippen molar-refractivity contribution in [1.82, 2.24) is 0 Å². The average Bonchev–Trinajstić information content (AvgIpc) is 2.90. The number of carbonyl (C=O) groups excluding carboxylic acids is 1. The molecule has 3 aromatic rings. The van der Waals surface area contributed by atoms with Gasteiger partial charge in [0.2, 0.25) is 17.5 Å². The highest BCUT2D eigenvalue weighted by atomic mass is 16.7. The quantitative estimate of drug-likeness (QED) is 0.130. The summed E-state index contributed by atoms with van der Waals surface area (Å²) in [5, 5.41) is 70.8. The van der Waals surface area contributed by atoms with E-state index >= 15 is 0 Å². The molecule has 2 aromatic carbocycles. The summed E-state index contributed by atoms with van der Waals surface area (Å²) in [5.74, 6) is -3.79. The molecule has 2 heterocycles. The summed E-state index contributed by atoms with van der Waals surface area (Å²) in [6, 6.07) is 5.53. The first-order valence-electron chi connectivity index (χ1n) is 11.6. The second-order valence-electron chi connectivity index (χ2n) is 8.83. The molecule has 7 N–H and O–H groups in total. The molecule has 4 rings (SSSR count). The van der Waals surface area contributed by atoms with Crippen LogP contribution in [0.3, 0.4) is 0 Å². The highest BCUT2D eigenvalue weighted by Crippen LogP contribution is 2.38. The number of benzene rings is 2. The highest BCUT2D eigenvalue weighted by Gasteiger charge is 2.45. The molecule has 0 spiro atoms. The van der Waals surface area contributed by atoms with Crippen LogP contribution in [0.4, 0.5) is 0 Å². The fourth-order valence-electron chi connectivity index (χ4n) is 3.87. The van der Waals surface area contributed by atoms with E-state index in [1.165, 1.54) is 19.1 Å². The van der Waals surface area contributed by atoms with Gasteiger partial charge in [-0.1, -0.05) is 6.08 Å². The lowest BCUT2D eigenvalue weighted by molar-refractivity contribution is -0.278. The van der Waals surface area contributed by atoms with E-state index < -0.39 is 77.1 Å². The number of phenols is 3. The van der Waals surface area contributed by atoms with Gasteiger partial charge in [-0.2, -0.15) is 0 Å². The maximum absolute atomic E-state index is 12.8. The Kier molecular flexibility index (Phi) is 7.70. The van der Waals surface area contributed by atoms with Gasteiger partial charge in [-0.3, -0.25) is 4.79 Å². The highest BCUT2D eigenvalue weighted by molar-refractivity contribution is 5.88. The average molecular weight is 546 g/mol. The molecule has 0 aliphatic carbocycles. The molecular formula is C26H26O13. The number of phenolic OH excluding ortho intramolecular Hbond substituents is 3. The van der Waals surface area contributed by atoms with Gasteiger partial charge < -0.3 is 54.4 Å². The van der Waals surface area contributed by atoms with Gasteiger partial charge in [0.15, 0.2) is 17.3 Å². The monoisotopic (exact) mass is 546 g/mol. The lowest BCUT2D eigenvalue weighted by atomic mass is 9.99. The van der Waals surface area contributed by atoms with Gasteiger partial charge in [-0.15, -0.1) is 0 Å². The van der Waals surface area contributed by atoms with E-state index in [-0.39, 0.29) is 22.7 Å². The van der Waals surface area contributed by atoms with Crippen molar-refractivity contribution < 1.29 is 59.2 Å². The molecule has 0 unspecified atom stereocenters. The number of aromatic hydroxyl groups is 4. The molecule has 39 heavy (non-hydrogen) atoms. The van der Waals surface area contributed by atoms with Crippen LogP contribution in [0, 0.1) is 0 Å². The molecule has 13 heteroatoms. The first-order valence-corrected chi connectivity index (χ1v) is 11.6. The van der Waals surface area contributed by atoms with E-state index in [0.29, 0.717) is 5.57 Å². The van der Waals surface area contributed by atoms with Crippen LogP contribution in [0.2, 0.25) is 0 Å². The molecule has 1 saturated heterocycles. The number of rotatable bonds is 6. The standard InChI is InChI=1S/C26H26O13/c1-3-10(2)25(35)36-9-17-19(30)21(32)23(34)26(39-17)37-12-7-15(29)18-16(8-12)38-24(22(33)20(18)31)11-4-5-13(27)14(28)6-11/h3-8,17,19,21,23,26-30,32-34H,9H2,1-2H3/t17-,19-,21-,23-,26-/m0/s1. The Bertz CT molecular complexity index is 1490. The minimum absolute atomic E-state index is 0.0290. The summed E-state index contributed by atoms with van der Waals surface area (Å²) in [7, 11) is 0. The Morgan fingerprint density at radius 1 is 0.974 bits per heavy atom. The predicted octanol–water partition coefficient (Wildman–Crippen LogP) is 0.978. The van der Waals surface area contributed by atoms with E-state index in [0.717, 1.165) is 24.3 Å². The Labute approximate surface area is 220 Å².